The minimum atomic E-state index is 0.0559. The van der Waals surface area contributed by atoms with Crippen molar-refractivity contribution < 1.29 is 9.53 Å². The van der Waals surface area contributed by atoms with Crippen LogP contribution >= 0.6 is 23.4 Å². The average molecular weight is 350 g/mol. The van der Waals surface area contributed by atoms with Crippen LogP contribution < -0.4 is 10.1 Å². The van der Waals surface area contributed by atoms with Gasteiger partial charge in [0.05, 0.1) is 6.61 Å². The molecule has 0 spiro atoms. The molecule has 0 saturated heterocycles. The lowest BCUT2D eigenvalue weighted by Crippen LogP contribution is -2.22. The zero-order chi connectivity index (χ0) is 16.5. The monoisotopic (exact) mass is 349 g/mol. The molecule has 122 valence electrons. The standard InChI is InChI=1S/C18H20ClNO2S/c1-2-22-16-7-3-14(4-8-16)13-20-18(21)11-12-23-17-9-5-15(19)6-10-17/h3-10H,2,11-13H2,1H3,(H,20,21). The van der Waals surface area contributed by atoms with Gasteiger partial charge in [0.2, 0.25) is 5.91 Å². The first kappa shape index (κ1) is 17.7. The Bertz CT molecular complexity index is 614. The minimum Gasteiger partial charge on any atom is -0.494 e. The Morgan fingerprint density at radius 1 is 1.13 bits per heavy atom. The van der Waals surface area contributed by atoms with E-state index in [1.807, 2.05) is 55.5 Å². The molecule has 5 heteroatoms. The van der Waals surface area contributed by atoms with Crippen molar-refractivity contribution in [3.05, 3.63) is 59.1 Å². The van der Waals surface area contributed by atoms with Crippen molar-refractivity contribution in [1.82, 2.24) is 5.32 Å². The summed E-state index contributed by atoms with van der Waals surface area (Å²) in [5.41, 5.74) is 1.06. The Morgan fingerprint density at radius 2 is 1.83 bits per heavy atom. The van der Waals surface area contributed by atoms with Gasteiger partial charge in [-0.1, -0.05) is 23.7 Å². The smallest absolute Gasteiger partial charge is 0.221 e. The number of carbonyl (C=O) groups is 1. The van der Waals surface area contributed by atoms with Gasteiger partial charge >= 0.3 is 0 Å². The summed E-state index contributed by atoms with van der Waals surface area (Å²) in [7, 11) is 0. The second kappa shape index (κ2) is 9.48. The van der Waals surface area contributed by atoms with Gasteiger partial charge in [0.1, 0.15) is 5.75 Å². The second-order valence-electron chi connectivity index (χ2n) is 4.91. The molecule has 0 radical (unpaired) electrons. The summed E-state index contributed by atoms with van der Waals surface area (Å²) in [4.78, 5) is 13.0. The number of benzene rings is 2. The van der Waals surface area contributed by atoms with E-state index < -0.39 is 0 Å². The first-order chi connectivity index (χ1) is 11.2. The Hall–Kier alpha value is -1.65. The molecule has 2 aromatic rings. The molecule has 0 aliphatic heterocycles. The maximum atomic E-state index is 11.9. The van der Waals surface area contributed by atoms with Gasteiger partial charge in [-0.3, -0.25) is 4.79 Å². The molecular weight excluding hydrogens is 330 g/mol. The molecule has 0 unspecified atom stereocenters. The fourth-order valence-electron chi connectivity index (χ4n) is 1.95. The molecule has 0 atom stereocenters. The number of carbonyl (C=O) groups excluding carboxylic acids is 1. The largest absolute Gasteiger partial charge is 0.494 e. The summed E-state index contributed by atoms with van der Waals surface area (Å²) >= 11 is 7.49. The molecule has 2 rings (SSSR count). The van der Waals surface area contributed by atoms with Gasteiger partial charge in [0, 0.05) is 28.6 Å². The zero-order valence-electron chi connectivity index (χ0n) is 13.0. The third kappa shape index (κ3) is 6.55. The SMILES string of the molecule is CCOc1ccc(CNC(=O)CCSc2ccc(Cl)cc2)cc1. The summed E-state index contributed by atoms with van der Waals surface area (Å²) in [6.07, 6.45) is 0.490. The number of amides is 1. The van der Waals surface area contributed by atoms with Crippen LogP contribution in [0, 0.1) is 0 Å². The normalized spacial score (nSPS) is 10.3. The molecule has 3 nitrogen and oxygen atoms in total. The molecule has 0 bridgehead atoms. The molecule has 0 aromatic heterocycles. The van der Waals surface area contributed by atoms with Crippen LogP contribution in [-0.2, 0) is 11.3 Å². The number of thioether (sulfide) groups is 1. The van der Waals surface area contributed by atoms with E-state index >= 15 is 0 Å². The molecule has 1 amide bonds. The number of rotatable bonds is 8. The van der Waals surface area contributed by atoms with Crippen molar-refractivity contribution in [3.8, 4) is 5.75 Å². The van der Waals surface area contributed by atoms with Crippen LogP contribution in [0.25, 0.3) is 0 Å². The van der Waals surface area contributed by atoms with Gasteiger partial charge < -0.3 is 10.1 Å². The summed E-state index contributed by atoms with van der Waals surface area (Å²) in [5, 5.41) is 3.66. The number of hydrogen-bond donors (Lipinski definition) is 1. The number of nitrogens with one attached hydrogen (secondary N) is 1. The van der Waals surface area contributed by atoms with Gasteiger partial charge in [-0.25, -0.2) is 0 Å². The molecule has 0 heterocycles. The van der Waals surface area contributed by atoms with Crippen molar-refractivity contribution in [3.63, 3.8) is 0 Å². The predicted octanol–water partition coefficient (Wildman–Crippen LogP) is 4.54. The lowest BCUT2D eigenvalue weighted by molar-refractivity contribution is -0.120. The molecule has 0 aliphatic rings. The van der Waals surface area contributed by atoms with Gasteiger partial charge in [-0.15, -0.1) is 11.8 Å². The first-order valence-electron chi connectivity index (χ1n) is 7.54. The van der Waals surface area contributed by atoms with Gasteiger partial charge in [0.25, 0.3) is 0 Å². The average Bonchev–Trinajstić information content (AvgIpc) is 2.56. The quantitative estimate of drug-likeness (QED) is 0.711. The van der Waals surface area contributed by atoms with E-state index in [2.05, 4.69) is 5.32 Å². The highest BCUT2D eigenvalue weighted by atomic mass is 35.5. The maximum Gasteiger partial charge on any atom is 0.221 e. The molecule has 23 heavy (non-hydrogen) atoms. The molecule has 0 saturated carbocycles. The summed E-state index contributed by atoms with van der Waals surface area (Å²) < 4.78 is 5.39. The van der Waals surface area contributed by atoms with E-state index in [9.17, 15) is 4.79 Å². The summed E-state index contributed by atoms with van der Waals surface area (Å²) in [6.45, 7) is 3.15. The van der Waals surface area contributed by atoms with Crippen molar-refractivity contribution >= 4 is 29.3 Å². The zero-order valence-corrected chi connectivity index (χ0v) is 14.6. The van der Waals surface area contributed by atoms with E-state index in [0.717, 1.165) is 27.0 Å². The third-order valence-electron chi connectivity index (χ3n) is 3.14. The second-order valence-corrected chi connectivity index (χ2v) is 6.51. The Kier molecular flexibility index (Phi) is 7.30. The Morgan fingerprint density at radius 3 is 2.48 bits per heavy atom. The molecule has 0 aliphatic carbocycles. The van der Waals surface area contributed by atoms with Crippen molar-refractivity contribution in [2.75, 3.05) is 12.4 Å². The van der Waals surface area contributed by atoms with E-state index in [0.29, 0.717) is 19.6 Å². The number of ether oxygens (including phenoxy) is 1. The summed E-state index contributed by atoms with van der Waals surface area (Å²) in [6, 6.07) is 15.4. The fraction of sp³-hybridized carbons (Fsp3) is 0.278. The van der Waals surface area contributed by atoms with Crippen LogP contribution in [-0.4, -0.2) is 18.3 Å². The van der Waals surface area contributed by atoms with Crippen LogP contribution in [0.15, 0.2) is 53.4 Å². The van der Waals surface area contributed by atoms with Crippen molar-refractivity contribution in [1.29, 1.82) is 0 Å². The molecular formula is C18H20ClNO2S. The van der Waals surface area contributed by atoms with Crippen LogP contribution in [0.1, 0.15) is 18.9 Å². The van der Waals surface area contributed by atoms with Crippen LogP contribution in [0.2, 0.25) is 5.02 Å². The summed E-state index contributed by atoms with van der Waals surface area (Å²) in [5.74, 6) is 1.65. The number of halogens is 1. The maximum absolute atomic E-state index is 11.9. The van der Waals surface area contributed by atoms with E-state index in [-0.39, 0.29) is 5.91 Å². The molecule has 1 N–H and O–H groups in total. The van der Waals surface area contributed by atoms with Gasteiger partial charge in [-0.2, -0.15) is 0 Å². The highest BCUT2D eigenvalue weighted by molar-refractivity contribution is 7.99. The molecule has 0 fully saturated rings. The van der Waals surface area contributed by atoms with E-state index in [1.54, 1.807) is 11.8 Å². The van der Waals surface area contributed by atoms with Crippen LogP contribution in [0.3, 0.4) is 0 Å². The van der Waals surface area contributed by atoms with E-state index in [1.165, 1.54) is 0 Å². The van der Waals surface area contributed by atoms with Crippen LogP contribution in [0.4, 0.5) is 0 Å². The first-order valence-corrected chi connectivity index (χ1v) is 8.90. The van der Waals surface area contributed by atoms with Crippen LogP contribution in [0.5, 0.6) is 5.75 Å². The highest BCUT2D eigenvalue weighted by Crippen LogP contribution is 2.20. The lowest BCUT2D eigenvalue weighted by Gasteiger charge is -2.07. The van der Waals surface area contributed by atoms with Crippen molar-refractivity contribution in [2.24, 2.45) is 0 Å². The predicted molar refractivity (Wildman–Crippen MR) is 96.3 cm³/mol. The Balaban J connectivity index is 1.67. The van der Waals surface area contributed by atoms with Crippen molar-refractivity contribution in [2.45, 2.75) is 24.8 Å². The minimum absolute atomic E-state index is 0.0559. The van der Waals surface area contributed by atoms with E-state index in [4.69, 9.17) is 16.3 Å². The molecule has 2 aromatic carbocycles. The lowest BCUT2D eigenvalue weighted by atomic mass is 10.2. The number of hydrogen-bond acceptors (Lipinski definition) is 3. The topological polar surface area (TPSA) is 38.3 Å². The Labute approximate surface area is 146 Å². The van der Waals surface area contributed by atoms with Gasteiger partial charge in [-0.05, 0) is 48.9 Å². The van der Waals surface area contributed by atoms with Gasteiger partial charge in [0.15, 0.2) is 0 Å². The fourth-order valence-corrected chi connectivity index (χ4v) is 2.93. The highest BCUT2D eigenvalue weighted by Gasteiger charge is 2.03. The third-order valence-corrected chi connectivity index (χ3v) is 4.40.